The quantitative estimate of drug-likeness (QED) is 0.568. The lowest BCUT2D eigenvalue weighted by Gasteiger charge is -2.21. The van der Waals surface area contributed by atoms with Gasteiger partial charge in [-0.1, -0.05) is 30.3 Å². The minimum absolute atomic E-state index is 0.281. The van der Waals surface area contributed by atoms with Gasteiger partial charge in [0, 0.05) is 5.56 Å². The molecule has 4 rings (SSSR count). The van der Waals surface area contributed by atoms with Crippen LogP contribution in [0.4, 0.5) is 5.82 Å². The van der Waals surface area contributed by atoms with Gasteiger partial charge in [0.15, 0.2) is 0 Å². The first-order chi connectivity index (χ1) is 13.6. The van der Waals surface area contributed by atoms with Crippen LogP contribution in [0.15, 0.2) is 48.5 Å². The number of aliphatic hydroxyl groups excluding tert-OH is 1. The molecule has 5 nitrogen and oxygen atoms in total. The number of fused-ring (bicyclic) bond motifs is 3. The zero-order valence-corrected chi connectivity index (χ0v) is 16.0. The number of hydrogen-bond acceptors (Lipinski definition) is 5. The third kappa shape index (κ3) is 3.99. The highest BCUT2D eigenvalue weighted by Crippen LogP contribution is 2.34. The molecular weight excluding hydrogens is 350 g/mol. The van der Waals surface area contributed by atoms with Gasteiger partial charge in [-0.2, -0.15) is 0 Å². The Balaban J connectivity index is 1.44. The topological polar surface area (TPSA) is 78.3 Å². The van der Waals surface area contributed by atoms with E-state index in [1.165, 1.54) is 5.56 Å². The van der Waals surface area contributed by atoms with Crippen LogP contribution in [-0.4, -0.2) is 26.4 Å². The molecule has 0 amide bonds. The van der Waals surface area contributed by atoms with E-state index in [2.05, 4.69) is 17.4 Å². The number of rotatable bonds is 6. The molecule has 5 heteroatoms. The summed E-state index contributed by atoms with van der Waals surface area (Å²) in [6, 6.07) is 15.7. The zero-order chi connectivity index (χ0) is 19.5. The van der Waals surface area contributed by atoms with E-state index >= 15 is 0 Å². The van der Waals surface area contributed by atoms with E-state index in [1.807, 2.05) is 31.2 Å². The second-order valence-electron chi connectivity index (χ2n) is 7.33. The largest absolute Gasteiger partial charge is 0.508 e. The van der Waals surface area contributed by atoms with E-state index in [0.717, 1.165) is 53.9 Å². The smallest absolute Gasteiger partial charge is 0.149 e. The van der Waals surface area contributed by atoms with Crippen molar-refractivity contribution in [1.29, 1.82) is 0 Å². The third-order valence-corrected chi connectivity index (χ3v) is 5.21. The van der Waals surface area contributed by atoms with Gasteiger partial charge in [-0.15, -0.1) is 0 Å². The molecule has 144 valence electrons. The van der Waals surface area contributed by atoms with Gasteiger partial charge in [0.2, 0.25) is 0 Å². The lowest BCUT2D eigenvalue weighted by Crippen LogP contribution is -2.22. The molecule has 3 N–H and O–H groups in total. The molecule has 1 aliphatic carbocycles. The Morgan fingerprint density at radius 1 is 1.07 bits per heavy atom. The molecule has 0 aliphatic heterocycles. The number of aromatic nitrogens is 2. The third-order valence-electron chi connectivity index (χ3n) is 5.21. The SMILES string of the molecule is Cc1nc2c(nc1NC(O)CCCc1ccccc1)CCc1cc(O)ccc1-2. The molecule has 1 aliphatic rings. The van der Waals surface area contributed by atoms with E-state index in [9.17, 15) is 10.2 Å². The molecule has 0 saturated carbocycles. The number of phenolic OH excluding ortho intramolecular Hbond substituents is 1. The molecule has 0 radical (unpaired) electrons. The number of nitrogens with one attached hydrogen (secondary N) is 1. The summed E-state index contributed by atoms with van der Waals surface area (Å²) in [4.78, 5) is 9.49. The summed E-state index contributed by atoms with van der Waals surface area (Å²) in [7, 11) is 0. The number of aryl methyl sites for hydroxylation is 4. The van der Waals surface area contributed by atoms with Crippen molar-refractivity contribution in [3.63, 3.8) is 0 Å². The highest BCUT2D eigenvalue weighted by molar-refractivity contribution is 5.70. The fourth-order valence-electron chi connectivity index (χ4n) is 3.73. The first kappa shape index (κ1) is 18.4. The number of benzene rings is 2. The molecule has 0 bridgehead atoms. The van der Waals surface area contributed by atoms with Gasteiger partial charge in [-0.05, 0) is 68.4 Å². The zero-order valence-electron chi connectivity index (χ0n) is 16.0. The lowest BCUT2D eigenvalue weighted by atomic mass is 9.91. The van der Waals surface area contributed by atoms with Crippen LogP contribution in [0.1, 0.15) is 35.4 Å². The van der Waals surface area contributed by atoms with Gasteiger partial charge in [-0.25, -0.2) is 9.97 Å². The summed E-state index contributed by atoms with van der Waals surface area (Å²) in [6.07, 6.45) is 3.44. The summed E-state index contributed by atoms with van der Waals surface area (Å²) < 4.78 is 0. The maximum atomic E-state index is 10.4. The number of phenols is 1. The van der Waals surface area contributed by atoms with Gasteiger partial charge in [0.1, 0.15) is 17.8 Å². The molecule has 1 aromatic heterocycles. The maximum Gasteiger partial charge on any atom is 0.149 e. The molecule has 0 saturated heterocycles. The molecule has 1 heterocycles. The summed E-state index contributed by atoms with van der Waals surface area (Å²) >= 11 is 0. The monoisotopic (exact) mass is 375 g/mol. The number of aliphatic hydroxyl groups is 1. The highest BCUT2D eigenvalue weighted by atomic mass is 16.3. The van der Waals surface area contributed by atoms with Gasteiger partial charge in [-0.3, -0.25) is 0 Å². The Morgan fingerprint density at radius 2 is 1.89 bits per heavy atom. The average Bonchev–Trinajstić information content (AvgIpc) is 2.69. The molecule has 1 atom stereocenters. The second-order valence-corrected chi connectivity index (χ2v) is 7.33. The standard InChI is InChI=1S/C23H25N3O2/c1-15-23(26-21(28)9-5-8-16-6-3-2-4-7-16)25-20-13-10-17-14-18(27)11-12-19(17)22(20)24-15/h2-4,6-7,11-12,14,21,27-28H,5,8-10,13H2,1H3,(H,25,26). The van der Waals surface area contributed by atoms with Crippen molar-refractivity contribution in [1.82, 2.24) is 9.97 Å². The Bertz CT molecular complexity index is 973. The molecule has 3 aromatic rings. The first-order valence-electron chi connectivity index (χ1n) is 9.78. The van der Waals surface area contributed by atoms with E-state index in [-0.39, 0.29) is 5.75 Å². The van der Waals surface area contributed by atoms with Gasteiger partial charge in [0.05, 0.1) is 17.1 Å². The van der Waals surface area contributed by atoms with Crippen LogP contribution in [0.25, 0.3) is 11.3 Å². The Kier molecular flexibility index (Phi) is 5.26. The van der Waals surface area contributed by atoms with E-state index in [0.29, 0.717) is 12.2 Å². The van der Waals surface area contributed by atoms with Crippen LogP contribution in [0.2, 0.25) is 0 Å². The number of nitrogens with zero attached hydrogens (tertiary/aromatic N) is 2. The van der Waals surface area contributed by atoms with Crippen molar-refractivity contribution in [2.24, 2.45) is 0 Å². The van der Waals surface area contributed by atoms with Gasteiger partial charge < -0.3 is 15.5 Å². The highest BCUT2D eigenvalue weighted by Gasteiger charge is 2.21. The Hall–Kier alpha value is -2.92. The minimum Gasteiger partial charge on any atom is -0.508 e. The molecule has 0 fully saturated rings. The summed E-state index contributed by atoms with van der Waals surface area (Å²) in [5.74, 6) is 0.928. The van der Waals surface area contributed by atoms with Crippen molar-refractivity contribution in [2.45, 2.75) is 45.3 Å². The van der Waals surface area contributed by atoms with E-state index in [1.54, 1.807) is 12.1 Å². The number of anilines is 1. The van der Waals surface area contributed by atoms with Crippen molar-refractivity contribution in [2.75, 3.05) is 5.32 Å². The molecule has 28 heavy (non-hydrogen) atoms. The summed E-state index contributed by atoms with van der Waals surface area (Å²) in [5.41, 5.74) is 5.99. The van der Waals surface area contributed by atoms with Gasteiger partial charge in [0.25, 0.3) is 0 Å². The summed E-state index contributed by atoms with van der Waals surface area (Å²) in [6.45, 7) is 1.90. The van der Waals surface area contributed by atoms with Crippen LogP contribution in [0, 0.1) is 6.92 Å². The van der Waals surface area contributed by atoms with Crippen LogP contribution in [0.5, 0.6) is 5.75 Å². The lowest BCUT2D eigenvalue weighted by molar-refractivity contribution is 0.189. The van der Waals surface area contributed by atoms with Crippen molar-refractivity contribution < 1.29 is 10.2 Å². The number of hydrogen-bond donors (Lipinski definition) is 3. The number of aromatic hydroxyl groups is 1. The molecule has 1 unspecified atom stereocenters. The van der Waals surface area contributed by atoms with Crippen LogP contribution >= 0.6 is 0 Å². The average molecular weight is 375 g/mol. The summed E-state index contributed by atoms with van der Waals surface area (Å²) in [5, 5.41) is 23.2. The van der Waals surface area contributed by atoms with Crippen LogP contribution in [-0.2, 0) is 19.3 Å². The van der Waals surface area contributed by atoms with Crippen molar-refractivity contribution in [3.8, 4) is 17.0 Å². The first-order valence-corrected chi connectivity index (χ1v) is 9.78. The maximum absolute atomic E-state index is 10.4. The van der Waals surface area contributed by atoms with Crippen molar-refractivity contribution >= 4 is 5.82 Å². The van der Waals surface area contributed by atoms with Gasteiger partial charge >= 0.3 is 0 Å². The molecular formula is C23H25N3O2. The van der Waals surface area contributed by atoms with Crippen LogP contribution in [0.3, 0.4) is 0 Å². The second kappa shape index (κ2) is 7.98. The minimum atomic E-state index is -0.650. The molecule has 2 aromatic carbocycles. The van der Waals surface area contributed by atoms with Crippen molar-refractivity contribution in [3.05, 3.63) is 71.0 Å². The van der Waals surface area contributed by atoms with E-state index in [4.69, 9.17) is 9.97 Å². The van der Waals surface area contributed by atoms with Crippen LogP contribution < -0.4 is 5.32 Å². The molecule has 0 spiro atoms. The predicted octanol–water partition coefficient (Wildman–Crippen LogP) is 4.01. The van der Waals surface area contributed by atoms with E-state index < -0.39 is 6.23 Å². The Labute approximate surface area is 165 Å². The normalized spacial score (nSPS) is 13.5. The predicted molar refractivity (Wildman–Crippen MR) is 110 cm³/mol. The fraction of sp³-hybridized carbons (Fsp3) is 0.304. The fourth-order valence-corrected chi connectivity index (χ4v) is 3.73. The Morgan fingerprint density at radius 3 is 2.71 bits per heavy atom.